The number of carboxylic acids is 1. The number of carbonyl (C=O) groups is 2. The summed E-state index contributed by atoms with van der Waals surface area (Å²) in [7, 11) is 0. The van der Waals surface area contributed by atoms with Crippen LogP contribution in [0.1, 0.15) is 53.6 Å². The monoisotopic (exact) mass is 412 g/mol. The van der Waals surface area contributed by atoms with Gasteiger partial charge in [-0.2, -0.15) is 0 Å². The number of nitrogens with one attached hydrogen (secondary N) is 1. The molecule has 1 saturated carbocycles. The normalized spacial score (nSPS) is 20.8. The predicted molar refractivity (Wildman–Crippen MR) is 112 cm³/mol. The van der Waals surface area contributed by atoms with Crippen LogP contribution in [-0.4, -0.2) is 34.5 Å². The number of aromatic carboxylic acids is 1. The topological polar surface area (TPSA) is 69.6 Å². The first-order valence-corrected chi connectivity index (χ1v) is 10.5. The van der Waals surface area contributed by atoms with Crippen LogP contribution in [0.5, 0.6) is 0 Å². The fourth-order valence-corrected chi connectivity index (χ4v) is 4.29. The van der Waals surface area contributed by atoms with Gasteiger partial charge in [-0.3, -0.25) is 9.69 Å². The number of amides is 1. The highest BCUT2D eigenvalue weighted by Gasteiger charge is 2.47. The Hall–Kier alpha value is -2.37. The van der Waals surface area contributed by atoms with Crippen LogP contribution >= 0.6 is 11.6 Å². The summed E-state index contributed by atoms with van der Waals surface area (Å²) in [5.41, 5.74) is 2.05. The second-order valence-electron chi connectivity index (χ2n) is 8.06. The molecule has 2 N–H and O–H groups in total. The molecular formula is C23H25ClN2O3. The van der Waals surface area contributed by atoms with E-state index in [1.807, 2.05) is 36.4 Å². The highest BCUT2D eigenvalue weighted by Crippen LogP contribution is 2.45. The van der Waals surface area contributed by atoms with E-state index < -0.39 is 5.97 Å². The van der Waals surface area contributed by atoms with Crippen LogP contribution in [0.3, 0.4) is 0 Å². The molecule has 0 unspecified atom stereocenters. The van der Waals surface area contributed by atoms with Crippen LogP contribution < -0.4 is 5.32 Å². The van der Waals surface area contributed by atoms with Gasteiger partial charge in [0.15, 0.2) is 0 Å². The summed E-state index contributed by atoms with van der Waals surface area (Å²) >= 11 is 5.99. The summed E-state index contributed by atoms with van der Waals surface area (Å²) in [6, 6.07) is 14.5. The molecule has 29 heavy (non-hydrogen) atoms. The number of rotatable bonds is 6. The number of nitrogens with zero attached hydrogens (tertiary/aromatic N) is 1. The number of benzene rings is 2. The van der Waals surface area contributed by atoms with Gasteiger partial charge in [0.05, 0.1) is 17.1 Å². The second kappa shape index (κ2) is 8.17. The zero-order chi connectivity index (χ0) is 20.4. The summed E-state index contributed by atoms with van der Waals surface area (Å²) in [5, 5.41) is 13.1. The molecule has 1 amide bonds. The van der Waals surface area contributed by atoms with Gasteiger partial charge in [-0.15, -0.1) is 0 Å². The maximum atomic E-state index is 13.2. The van der Waals surface area contributed by atoms with E-state index in [0.717, 1.165) is 56.3 Å². The van der Waals surface area contributed by atoms with E-state index in [1.165, 1.54) is 0 Å². The van der Waals surface area contributed by atoms with Crippen LogP contribution in [0.25, 0.3) is 0 Å². The van der Waals surface area contributed by atoms with Crippen molar-refractivity contribution in [3.8, 4) is 0 Å². The van der Waals surface area contributed by atoms with Crippen molar-refractivity contribution in [1.82, 2.24) is 10.2 Å². The number of piperidine rings is 1. The smallest absolute Gasteiger partial charge is 0.335 e. The lowest BCUT2D eigenvalue weighted by atomic mass is 9.98. The molecule has 1 aliphatic heterocycles. The Bertz CT molecular complexity index is 891. The highest BCUT2D eigenvalue weighted by molar-refractivity contribution is 6.30. The fourth-order valence-electron chi connectivity index (χ4n) is 4.16. The van der Waals surface area contributed by atoms with Crippen molar-refractivity contribution < 1.29 is 14.7 Å². The van der Waals surface area contributed by atoms with Crippen LogP contribution in [0.2, 0.25) is 5.02 Å². The Kier molecular flexibility index (Phi) is 5.61. The van der Waals surface area contributed by atoms with Crippen LogP contribution in [0.4, 0.5) is 0 Å². The molecule has 2 aromatic carbocycles. The number of hydrogen-bond donors (Lipinski definition) is 2. The molecule has 1 aliphatic carbocycles. The largest absolute Gasteiger partial charge is 0.478 e. The van der Waals surface area contributed by atoms with E-state index in [4.69, 9.17) is 16.7 Å². The average Bonchev–Trinajstić information content (AvgIpc) is 3.51. The molecule has 1 saturated heterocycles. The van der Waals surface area contributed by atoms with Gasteiger partial charge in [0.2, 0.25) is 5.91 Å². The van der Waals surface area contributed by atoms with Crippen LogP contribution in [-0.2, 0) is 16.9 Å². The number of carbonyl (C=O) groups excluding carboxylic acids is 1. The Balaban J connectivity index is 1.45. The molecule has 0 bridgehead atoms. The summed E-state index contributed by atoms with van der Waals surface area (Å²) in [5.74, 6) is -0.871. The standard InChI is InChI=1S/C23H25ClN2O3/c24-19-10-4-16(5-11-19)15-26-14-2-1-3-20(26)21(27)25-23(12-13-23)18-8-6-17(7-9-18)22(28)29/h4-11,20H,1-3,12-15H2,(H,25,27)(H,28,29)/t20-/m1/s1. The van der Waals surface area contributed by atoms with Gasteiger partial charge in [-0.1, -0.05) is 42.3 Å². The third-order valence-corrected chi connectivity index (χ3v) is 6.26. The van der Waals surface area contributed by atoms with Crippen molar-refractivity contribution in [2.45, 2.75) is 50.2 Å². The second-order valence-corrected chi connectivity index (χ2v) is 8.50. The van der Waals surface area contributed by atoms with Crippen LogP contribution in [0.15, 0.2) is 48.5 Å². The molecule has 1 atom stereocenters. The fraction of sp³-hybridized carbons (Fsp3) is 0.391. The maximum Gasteiger partial charge on any atom is 0.335 e. The zero-order valence-electron chi connectivity index (χ0n) is 16.2. The third-order valence-electron chi connectivity index (χ3n) is 6.01. The quantitative estimate of drug-likeness (QED) is 0.746. The van der Waals surface area contributed by atoms with Gasteiger partial charge >= 0.3 is 5.97 Å². The number of halogens is 1. The zero-order valence-corrected chi connectivity index (χ0v) is 17.0. The highest BCUT2D eigenvalue weighted by atomic mass is 35.5. The van der Waals surface area contributed by atoms with Gasteiger partial charge in [0.25, 0.3) is 0 Å². The van der Waals surface area contributed by atoms with E-state index in [2.05, 4.69) is 10.2 Å². The molecule has 5 nitrogen and oxygen atoms in total. The first-order valence-electron chi connectivity index (χ1n) is 10.1. The molecule has 2 aliphatic rings. The number of hydrogen-bond acceptors (Lipinski definition) is 3. The molecule has 152 valence electrons. The van der Waals surface area contributed by atoms with Crippen molar-refractivity contribution in [3.63, 3.8) is 0 Å². The summed E-state index contributed by atoms with van der Waals surface area (Å²) < 4.78 is 0. The first kappa shape index (κ1) is 19.9. The molecule has 0 radical (unpaired) electrons. The van der Waals surface area contributed by atoms with Crippen LogP contribution in [0, 0.1) is 0 Å². The first-order chi connectivity index (χ1) is 14.0. The predicted octanol–water partition coefficient (Wildman–Crippen LogP) is 4.20. The van der Waals surface area contributed by atoms with E-state index in [-0.39, 0.29) is 23.1 Å². The average molecular weight is 413 g/mol. The van der Waals surface area contributed by atoms with Gasteiger partial charge in [-0.25, -0.2) is 4.79 Å². The molecule has 0 spiro atoms. The number of carboxylic acid groups (broad SMARTS) is 1. The lowest BCUT2D eigenvalue weighted by Crippen LogP contribution is -2.51. The maximum absolute atomic E-state index is 13.2. The SMILES string of the molecule is O=C(O)c1ccc(C2(NC(=O)[C@H]3CCCCN3Cc3ccc(Cl)cc3)CC2)cc1. The minimum atomic E-state index is -0.939. The Labute approximate surface area is 175 Å². The minimum absolute atomic E-state index is 0.0680. The third kappa shape index (κ3) is 4.46. The molecule has 2 fully saturated rings. The van der Waals surface area contributed by atoms with Crippen molar-refractivity contribution >= 4 is 23.5 Å². The van der Waals surface area contributed by atoms with Crippen molar-refractivity contribution in [3.05, 3.63) is 70.2 Å². The van der Waals surface area contributed by atoms with Crippen molar-refractivity contribution in [1.29, 1.82) is 0 Å². The van der Waals surface area contributed by atoms with E-state index in [0.29, 0.717) is 5.02 Å². The molecular weight excluding hydrogens is 388 g/mol. The lowest BCUT2D eigenvalue weighted by molar-refractivity contribution is -0.129. The molecule has 6 heteroatoms. The van der Waals surface area contributed by atoms with Crippen molar-refractivity contribution in [2.75, 3.05) is 6.54 Å². The van der Waals surface area contributed by atoms with Gasteiger partial charge in [-0.05, 0) is 67.6 Å². The molecule has 0 aromatic heterocycles. The van der Waals surface area contributed by atoms with Gasteiger partial charge in [0, 0.05) is 11.6 Å². The Morgan fingerprint density at radius 1 is 1.07 bits per heavy atom. The van der Waals surface area contributed by atoms with E-state index in [1.54, 1.807) is 12.1 Å². The number of likely N-dealkylation sites (tertiary alicyclic amines) is 1. The summed E-state index contributed by atoms with van der Waals surface area (Å²) in [4.78, 5) is 26.5. The summed E-state index contributed by atoms with van der Waals surface area (Å²) in [6.45, 7) is 1.64. The molecule has 1 heterocycles. The minimum Gasteiger partial charge on any atom is -0.478 e. The lowest BCUT2D eigenvalue weighted by Gasteiger charge is -2.35. The van der Waals surface area contributed by atoms with Gasteiger partial charge in [0.1, 0.15) is 0 Å². The Morgan fingerprint density at radius 2 is 1.76 bits per heavy atom. The Morgan fingerprint density at radius 3 is 2.38 bits per heavy atom. The van der Waals surface area contributed by atoms with Crippen molar-refractivity contribution in [2.24, 2.45) is 0 Å². The van der Waals surface area contributed by atoms with E-state index in [9.17, 15) is 9.59 Å². The van der Waals surface area contributed by atoms with Gasteiger partial charge < -0.3 is 10.4 Å². The molecule has 2 aromatic rings. The van der Waals surface area contributed by atoms with E-state index >= 15 is 0 Å². The molecule has 4 rings (SSSR count). The summed E-state index contributed by atoms with van der Waals surface area (Å²) in [6.07, 6.45) is 4.77.